The van der Waals surface area contributed by atoms with Crippen LogP contribution in [-0.4, -0.2) is 36.3 Å². The molecule has 18 heavy (non-hydrogen) atoms. The van der Waals surface area contributed by atoms with Gasteiger partial charge in [0.1, 0.15) is 4.90 Å². The van der Waals surface area contributed by atoms with E-state index in [9.17, 15) is 13.2 Å². The maximum absolute atomic E-state index is 12.4. The third kappa shape index (κ3) is 2.76. The number of aromatic nitrogens is 1. The van der Waals surface area contributed by atoms with Crippen LogP contribution in [0.5, 0.6) is 0 Å². The molecule has 0 bridgehead atoms. The minimum Gasteiger partial charge on any atom is -0.290 e. The summed E-state index contributed by atoms with van der Waals surface area (Å²) in [6.45, 7) is 0.990. The molecule has 1 atom stereocenters. The van der Waals surface area contributed by atoms with Crippen molar-refractivity contribution in [2.75, 3.05) is 13.1 Å². The van der Waals surface area contributed by atoms with E-state index < -0.39 is 15.5 Å². The molecule has 2 rings (SSSR count). The molecule has 1 aromatic rings. The van der Waals surface area contributed by atoms with Crippen molar-refractivity contribution >= 4 is 24.8 Å². The summed E-state index contributed by atoms with van der Waals surface area (Å²) in [6.07, 6.45) is 3.66. The number of rotatable bonds is 3. The first kappa shape index (κ1) is 12.2. The van der Waals surface area contributed by atoms with E-state index in [-0.39, 0.29) is 16.6 Å². The van der Waals surface area contributed by atoms with Crippen molar-refractivity contribution in [3.05, 3.63) is 24.0 Å². The Labute approximate surface area is 110 Å². The van der Waals surface area contributed by atoms with Gasteiger partial charge in [0, 0.05) is 31.0 Å². The van der Waals surface area contributed by atoms with Gasteiger partial charge >= 0.3 is 0 Å². The maximum atomic E-state index is 12.4. The molecular formula is C11H15N2O3PS. The largest absolute Gasteiger partial charge is 0.290 e. The second kappa shape index (κ2) is 5.43. The van der Waals surface area contributed by atoms with Gasteiger partial charge in [-0.15, -0.1) is 0 Å². The summed E-state index contributed by atoms with van der Waals surface area (Å²) < 4.78 is 33.7. The van der Waals surface area contributed by atoms with E-state index in [0.29, 0.717) is 13.1 Å². The van der Waals surface area contributed by atoms with Gasteiger partial charge in [-0.3, -0.25) is 9.78 Å². The number of hydrogen-bond donors (Lipinski definition) is 0. The summed E-state index contributed by atoms with van der Waals surface area (Å²) in [5.74, 6) is 0. The van der Waals surface area contributed by atoms with Crippen molar-refractivity contribution in [2.24, 2.45) is 0 Å². The van der Waals surface area contributed by atoms with Crippen molar-refractivity contribution in [1.82, 2.24) is 9.29 Å². The highest BCUT2D eigenvalue weighted by Crippen LogP contribution is 2.21. The summed E-state index contributed by atoms with van der Waals surface area (Å²) >= 11 is 0. The van der Waals surface area contributed by atoms with E-state index >= 15 is 0 Å². The number of hydrogen-bond acceptors (Lipinski definition) is 4. The Morgan fingerprint density at radius 1 is 1.39 bits per heavy atom. The van der Waals surface area contributed by atoms with E-state index in [1.54, 1.807) is 0 Å². The Morgan fingerprint density at radius 3 is 2.67 bits per heavy atom. The predicted octanol–water partition coefficient (Wildman–Crippen LogP) is 1.27. The Bertz CT molecular complexity index is 600. The minimum atomic E-state index is -3.61. The molecule has 0 amide bonds. The standard InChI is InChI=1S/C11H15N2O3PS/c14-11(17)9-6-10(8-12-7-9)18(15,16)13-4-2-1-3-5-13/h6-8H,1-5,17H2/i7D. The van der Waals surface area contributed by atoms with Crippen LogP contribution in [0.4, 0.5) is 0 Å². The molecule has 0 radical (unpaired) electrons. The Balaban J connectivity index is 2.40. The summed E-state index contributed by atoms with van der Waals surface area (Å²) in [5.41, 5.74) is -0.434. The first-order chi connectivity index (χ1) is 8.93. The molecule has 1 aromatic heterocycles. The molecule has 1 saturated heterocycles. The molecule has 1 fully saturated rings. The number of carbonyl (C=O) groups is 1. The fourth-order valence-corrected chi connectivity index (χ4v) is 3.54. The molecule has 1 unspecified atom stereocenters. The van der Waals surface area contributed by atoms with E-state index in [2.05, 4.69) is 4.98 Å². The van der Waals surface area contributed by atoms with Crippen LogP contribution in [0.2, 0.25) is 0 Å². The van der Waals surface area contributed by atoms with Gasteiger partial charge in [0.25, 0.3) is 0 Å². The molecule has 7 heteroatoms. The Kier molecular flexibility index (Phi) is 3.68. The second-order valence-electron chi connectivity index (χ2n) is 4.16. The maximum Gasteiger partial charge on any atom is 0.244 e. The summed E-state index contributed by atoms with van der Waals surface area (Å²) in [5, 5.41) is 0. The van der Waals surface area contributed by atoms with Gasteiger partial charge < -0.3 is 0 Å². The van der Waals surface area contributed by atoms with Gasteiger partial charge in [-0.2, -0.15) is 4.31 Å². The lowest BCUT2D eigenvalue weighted by molar-refractivity contribution is 0.108. The molecule has 0 aromatic carbocycles. The first-order valence-corrected chi connectivity index (χ1v) is 7.71. The number of piperidine rings is 1. The number of nitrogens with zero attached hydrogens (tertiary/aromatic N) is 2. The van der Waals surface area contributed by atoms with Gasteiger partial charge in [-0.25, -0.2) is 8.42 Å². The molecular weight excluding hydrogens is 271 g/mol. The van der Waals surface area contributed by atoms with Crippen LogP contribution in [0.3, 0.4) is 0 Å². The van der Waals surface area contributed by atoms with Crippen LogP contribution in [0.15, 0.2) is 23.3 Å². The monoisotopic (exact) mass is 287 g/mol. The highest BCUT2D eigenvalue weighted by atomic mass is 32.2. The van der Waals surface area contributed by atoms with Gasteiger partial charge in [-0.05, 0) is 18.9 Å². The van der Waals surface area contributed by atoms with Gasteiger partial charge in [0.15, 0.2) is 5.52 Å². The van der Waals surface area contributed by atoms with Crippen LogP contribution in [0.25, 0.3) is 0 Å². The zero-order valence-corrected chi connectivity index (χ0v) is 11.8. The smallest absolute Gasteiger partial charge is 0.244 e. The van der Waals surface area contributed by atoms with Crippen molar-refractivity contribution in [1.29, 1.82) is 0 Å². The van der Waals surface area contributed by atoms with Gasteiger partial charge in [-0.1, -0.05) is 15.7 Å². The van der Waals surface area contributed by atoms with Gasteiger partial charge in [0.2, 0.25) is 10.0 Å². The molecule has 2 heterocycles. The van der Waals surface area contributed by atoms with Crippen molar-refractivity contribution in [3.63, 3.8) is 0 Å². The Morgan fingerprint density at radius 2 is 2.06 bits per heavy atom. The third-order valence-corrected chi connectivity index (χ3v) is 5.06. The highest BCUT2D eigenvalue weighted by molar-refractivity contribution is 7.89. The van der Waals surface area contributed by atoms with Crippen LogP contribution >= 0.6 is 9.24 Å². The zero-order chi connectivity index (χ0) is 14.0. The summed E-state index contributed by atoms with van der Waals surface area (Å²) in [6, 6.07) is 1.23. The lowest BCUT2D eigenvalue weighted by Gasteiger charge is -2.25. The van der Waals surface area contributed by atoms with Crippen molar-refractivity contribution in [2.45, 2.75) is 24.2 Å². The van der Waals surface area contributed by atoms with Crippen LogP contribution in [0.1, 0.15) is 31.0 Å². The molecule has 0 saturated carbocycles. The van der Waals surface area contributed by atoms with E-state index in [1.165, 1.54) is 10.4 Å². The topological polar surface area (TPSA) is 67.3 Å². The number of pyridine rings is 1. The van der Waals surface area contributed by atoms with Crippen molar-refractivity contribution in [3.8, 4) is 0 Å². The average Bonchev–Trinajstić information content (AvgIpc) is 2.39. The quantitative estimate of drug-likeness (QED) is 0.785. The van der Waals surface area contributed by atoms with E-state index in [1.807, 2.05) is 9.24 Å². The van der Waals surface area contributed by atoms with Crippen LogP contribution in [0, 0.1) is 0 Å². The van der Waals surface area contributed by atoms with Crippen LogP contribution < -0.4 is 0 Å². The Hall–Kier alpha value is -0.840. The molecule has 1 aliphatic rings. The lowest BCUT2D eigenvalue weighted by Crippen LogP contribution is -2.35. The summed E-state index contributed by atoms with van der Waals surface area (Å²) in [4.78, 5) is 15.0. The molecule has 1 aliphatic heterocycles. The molecule has 0 aliphatic carbocycles. The molecule has 0 spiro atoms. The number of carbonyl (C=O) groups excluding carboxylic acids is 1. The lowest BCUT2D eigenvalue weighted by atomic mass is 10.2. The fourth-order valence-electron chi connectivity index (χ4n) is 1.90. The predicted molar refractivity (Wildman–Crippen MR) is 70.9 cm³/mol. The third-order valence-electron chi connectivity index (χ3n) is 2.88. The van der Waals surface area contributed by atoms with Crippen LogP contribution in [-0.2, 0) is 10.0 Å². The number of sulfonamides is 1. The first-order valence-electron chi connectivity index (χ1n) is 6.19. The minimum absolute atomic E-state index is 0.00286. The SMILES string of the molecule is [2H]c1ncc(S(=O)(=O)N2CCCCC2)cc1C(=O)P. The van der Waals surface area contributed by atoms with E-state index in [0.717, 1.165) is 25.5 Å². The highest BCUT2D eigenvalue weighted by Gasteiger charge is 2.26. The average molecular weight is 287 g/mol. The molecule has 0 N–H and O–H groups in total. The molecule has 98 valence electrons. The van der Waals surface area contributed by atoms with Gasteiger partial charge in [0.05, 0.1) is 1.37 Å². The van der Waals surface area contributed by atoms with Crippen molar-refractivity contribution < 1.29 is 14.6 Å². The fraction of sp³-hybridized carbons (Fsp3) is 0.455. The zero-order valence-electron chi connectivity index (χ0n) is 10.8. The van der Waals surface area contributed by atoms with E-state index in [4.69, 9.17) is 1.37 Å². The summed E-state index contributed by atoms with van der Waals surface area (Å²) in [7, 11) is -1.68. The normalized spacial score (nSPS) is 18.4. The molecule has 5 nitrogen and oxygen atoms in total. The second-order valence-corrected chi connectivity index (χ2v) is 6.62.